The fraction of sp³-hybridized carbons (Fsp3) is 0.588. The summed E-state index contributed by atoms with van der Waals surface area (Å²) in [7, 11) is 0. The Labute approximate surface area is 142 Å². The molecule has 24 heavy (non-hydrogen) atoms. The highest BCUT2D eigenvalue weighted by Crippen LogP contribution is 2.22. The van der Waals surface area contributed by atoms with Gasteiger partial charge in [0.1, 0.15) is 5.82 Å². The molecule has 0 aliphatic carbocycles. The number of anilines is 1. The molecule has 0 aromatic carbocycles. The number of ether oxygens (including phenoxy) is 1. The Kier molecular flexibility index (Phi) is 4.71. The lowest BCUT2D eigenvalue weighted by molar-refractivity contribution is -0.171. The first-order chi connectivity index (χ1) is 11.5. The maximum atomic E-state index is 12.9. The van der Waals surface area contributed by atoms with Crippen LogP contribution in [0.25, 0.3) is 0 Å². The lowest BCUT2D eigenvalue weighted by Crippen LogP contribution is -2.62. The molecule has 7 heteroatoms. The molecule has 3 heterocycles. The smallest absolute Gasteiger partial charge is 0.256 e. The van der Waals surface area contributed by atoms with E-state index in [2.05, 4.69) is 9.88 Å². The first-order valence-corrected chi connectivity index (χ1v) is 8.34. The first-order valence-electron chi connectivity index (χ1n) is 8.34. The van der Waals surface area contributed by atoms with E-state index in [9.17, 15) is 9.59 Å². The van der Waals surface area contributed by atoms with Crippen LogP contribution in [0.4, 0.5) is 5.82 Å². The fourth-order valence-electron chi connectivity index (χ4n) is 3.28. The lowest BCUT2D eigenvalue weighted by atomic mass is 10.0. The summed E-state index contributed by atoms with van der Waals surface area (Å²) < 4.78 is 5.76. The number of rotatable bonds is 2. The summed E-state index contributed by atoms with van der Waals surface area (Å²) >= 11 is 0. The topological polar surface area (TPSA) is 66.0 Å². The zero-order chi connectivity index (χ0) is 17.2. The van der Waals surface area contributed by atoms with Gasteiger partial charge in [0, 0.05) is 45.8 Å². The standard InChI is InChI=1S/C17H24N4O3/c1-14(22)21-11-12-24-17(2,13-21)16(23)20-9-7-19(8-10-20)15-5-3-4-6-18-15/h3-6H,7-13H2,1-2H3. The molecule has 1 aromatic heterocycles. The quantitative estimate of drug-likeness (QED) is 0.783. The Morgan fingerprint density at radius 1 is 1.12 bits per heavy atom. The molecule has 0 saturated carbocycles. The summed E-state index contributed by atoms with van der Waals surface area (Å²) in [5.74, 6) is 0.888. The maximum absolute atomic E-state index is 12.9. The molecule has 1 aromatic rings. The molecule has 0 spiro atoms. The van der Waals surface area contributed by atoms with Gasteiger partial charge in [-0.3, -0.25) is 9.59 Å². The SMILES string of the molecule is CC(=O)N1CCOC(C)(C(=O)N2CCN(c3ccccn3)CC2)C1. The average Bonchev–Trinajstić information content (AvgIpc) is 2.62. The van der Waals surface area contributed by atoms with Gasteiger partial charge in [-0.05, 0) is 19.1 Å². The van der Waals surface area contributed by atoms with Crippen molar-refractivity contribution in [2.45, 2.75) is 19.4 Å². The highest BCUT2D eigenvalue weighted by Gasteiger charge is 2.43. The van der Waals surface area contributed by atoms with Crippen LogP contribution in [0.15, 0.2) is 24.4 Å². The third-order valence-corrected chi connectivity index (χ3v) is 4.71. The number of nitrogens with zero attached hydrogens (tertiary/aromatic N) is 4. The van der Waals surface area contributed by atoms with Crippen LogP contribution in [0.3, 0.4) is 0 Å². The van der Waals surface area contributed by atoms with Crippen LogP contribution < -0.4 is 4.90 Å². The van der Waals surface area contributed by atoms with Crippen LogP contribution in [0, 0.1) is 0 Å². The monoisotopic (exact) mass is 332 g/mol. The van der Waals surface area contributed by atoms with Crippen LogP contribution in [-0.2, 0) is 14.3 Å². The maximum Gasteiger partial charge on any atom is 0.256 e. The van der Waals surface area contributed by atoms with E-state index in [1.54, 1.807) is 18.0 Å². The number of amides is 2. The second-order valence-corrected chi connectivity index (χ2v) is 6.49. The number of hydrogen-bond acceptors (Lipinski definition) is 5. The van der Waals surface area contributed by atoms with Crippen molar-refractivity contribution in [1.29, 1.82) is 0 Å². The van der Waals surface area contributed by atoms with E-state index in [0.717, 1.165) is 18.9 Å². The van der Waals surface area contributed by atoms with Gasteiger partial charge in [0.15, 0.2) is 5.60 Å². The van der Waals surface area contributed by atoms with E-state index in [4.69, 9.17) is 4.74 Å². The molecule has 0 radical (unpaired) electrons. The molecule has 1 unspecified atom stereocenters. The molecule has 2 aliphatic rings. The van der Waals surface area contributed by atoms with Gasteiger partial charge >= 0.3 is 0 Å². The Hall–Kier alpha value is -2.15. The summed E-state index contributed by atoms with van der Waals surface area (Å²) in [6.45, 7) is 7.34. The number of pyridine rings is 1. The second-order valence-electron chi connectivity index (χ2n) is 6.49. The van der Waals surface area contributed by atoms with Crippen LogP contribution >= 0.6 is 0 Å². The van der Waals surface area contributed by atoms with Gasteiger partial charge in [0.05, 0.1) is 13.2 Å². The Balaban J connectivity index is 1.61. The van der Waals surface area contributed by atoms with Crippen LogP contribution in [-0.4, -0.2) is 78.1 Å². The van der Waals surface area contributed by atoms with E-state index in [1.807, 2.05) is 23.1 Å². The fourth-order valence-corrected chi connectivity index (χ4v) is 3.28. The van der Waals surface area contributed by atoms with Gasteiger partial charge in [-0.1, -0.05) is 6.07 Å². The third kappa shape index (κ3) is 3.36. The Bertz CT molecular complexity index is 601. The minimum absolute atomic E-state index is 0.0164. The average molecular weight is 332 g/mol. The third-order valence-electron chi connectivity index (χ3n) is 4.71. The molecule has 7 nitrogen and oxygen atoms in total. The second kappa shape index (κ2) is 6.76. The predicted octanol–water partition coefficient (Wildman–Crippen LogP) is 0.368. The van der Waals surface area contributed by atoms with Gasteiger partial charge < -0.3 is 19.4 Å². The molecule has 0 N–H and O–H groups in total. The van der Waals surface area contributed by atoms with Crippen LogP contribution in [0.1, 0.15) is 13.8 Å². The minimum atomic E-state index is -0.947. The summed E-state index contributed by atoms with van der Waals surface area (Å²) in [5, 5.41) is 0. The number of piperazine rings is 1. The molecule has 0 bridgehead atoms. The van der Waals surface area contributed by atoms with Crippen molar-refractivity contribution in [3.8, 4) is 0 Å². The zero-order valence-electron chi connectivity index (χ0n) is 14.3. The Morgan fingerprint density at radius 3 is 2.50 bits per heavy atom. The van der Waals surface area contributed by atoms with Crippen molar-refractivity contribution in [2.24, 2.45) is 0 Å². The number of aromatic nitrogens is 1. The molecule has 3 rings (SSSR count). The van der Waals surface area contributed by atoms with Crippen molar-refractivity contribution in [3.63, 3.8) is 0 Å². The number of carbonyl (C=O) groups is 2. The van der Waals surface area contributed by atoms with Gasteiger partial charge in [0.25, 0.3) is 5.91 Å². The summed E-state index contributed by atoms with van der Waals surface area (Å²) in [6, 6.07) is 5.84. The van der Waals surface area contributed by atoms with E-state index < -0.39 is 5.60 Å². The van der Waals surface area contributed by atoms with Crippen LogP contribution in [0.2, 0.25) is 0 Å². The highest BCUT2D eigenvalue weighted by molar-refractivity contribution is 5.86. The van der Waals surface area contributed by atoms with Crippen molar-refractivity contribution in [3.05, 3.63) is 24.4 Å². The van der Waals surface area contributed by atoms with E-state index in [-0.39, 0.29) is 11.8 Å². The van der Waals surface area contributed by atoms with E-state index in [1.165, 1.54) is 6.92 Å². The van der Waals surface area contributed by atoms with Gasteiger partial charge in [-0.2, -0.15) is 0 Å². The molecule has 2 saturated heterocycles. The van der Waals surface area contributed by atoms with Crippen LogP contribution in [0.5, 0.6) is 0 Å². The van der Waals surface area contributed by atoms with Crippen molar-refractivity contribution in [2.75, 3.05) is 50.8 Å². The first kappa shape index (κ1) is 16.7. The van der Waals surface area contributed by atoms with Gasteiger partial charge in [0.2, 0.25) is 5.91 Å². The Morgan fingerprint density at radius 2 is 1.88 bits per heavy atom. The number of hydrogen-bond donors (Lipinski definition) is 0. The van der Waals surface area contributed by atoms with Gasteiger partial charge in [-0.15, -0.1) is 0 Å². The normalized spacial score (nSPS) is 24.8. The zero-order valence-corrected chi connectivity index (χ0v) is 14.3. The van der Waals surface area contributed by atoms with E-state index >= 15 is 0 Å². The van der Waals surface area contributed by atoms with Crippen molar-refractivity contribution < 1.29 is 14.3 Å². The largest absolute Gasteiger partial charge is 0.362 e. The number of morpholine rings is 1. The van der Waals surface area contributed by atoms with Crippen molar-refractivity contribution in [1.82, 2.24) is 14.8 Å². The summed E-state index contributed by atoms with van der Waals surface area (Å²) in [4.78, 5) is 34.6. The molecule has 2 amide bonds. The molecular weight excluding hydrogens is 308 g/mol. The molecule has 2 fully saturated rings. The minimum Gasteiger partial charge on any atom is -0.362 e. The molecular formula is C17H24N4O3. The van der Waals surface area contributed by atoms with Gasteiger partial charge in [-0.25, -0.2) is 4.98 Å². The predicted molar refractivity (Wildman–Crippen MR) is 89.6 cm³/mol. The molecule has 130 valence electrons. The summed E-state index contributed by atoms with van der Waals surface area (Å²) in [6.07, 6.45) is 1.78. The highest BCUT2D eigenvalue weighted by atomic mass is 16.5. The summed E-state index contributed by atoms with van der Waals surface area (Å²) in [5.41, 5.74) is -0.947. The lowest BCUT2D eigenvalue weighted by Gasteiger charge is -2.43. The molecule has 1 atom stereocenters. The number of carbonyl (C=O) groups excluding carboxylic acids is 2. The van der Waals surface area contributed by atoms with E-state index in [0.29, 0.717) is 32.8 Å². The van der Waals surface area contributed by atoms with Crippen molar-refractivity contribution >= 4 is 17.6 Å². The molecule has 2 aliphatic heterocycles.